The lowest BCUT2D eigenvalue weighted by Crippen LogP contribution is -2.44. The first-order chi connectivity index (χ1) is 13.1. The zero-order valence-electron chi connectivity index (χ0n) is 18.0. The zero-order valence-corrected chi connectivity index (χ0v) is 18.0. The fourth-order valence-electron chi connectivity index (χ4n) is 3.97. The summed E-state index contributed by atoms with van der Waals surface area (Å²) in [6, 6.07) is 2.01. The number of anilines is 1. The maximum atomic E-state index is 12.5. The van der Waals surface area contributed by atoms with Gasteiger partial charge in [0.1, 0.15) is 11.6 Å². The predicted octanol–water partition coefficient (Wildman–Crippen LogP) is 2.24. The second kappa shape index (κ2) is 7.68. The first kappa shape index (κ1) is 20.6. The standard InChI is InChI=1S/C21H33N5O2/c1-21(2,3)20(28)26-9-7-14(8-10-26)19-22-16(12-17(23-19)24(4)5)15-11-18(27)25(6)13-15/h12,14-15H,7-11,13H2,1-6H3. The number of carbonyl (C=O) groups is 2. The molecular weight excluding hydrogens is 354 g/mol. The van der Waals surface area contributed by atoms with Crippen LogP contribution in [-0.2, 0) is 9.59 Å². The molecule has 0 spiro atoms. The molecule has 2 aliphatic rings. The second-order valence-corrected chi connectivity index (χ2v) is 9.40. The van der Waals surface area contributed by atoms with Gasteiger partial charge < -0.3 is 14.7 Å². The average molecular weight is 388 g/mol. The quantitative estimate of drug-likeness (QED) is 0.796. The average Bonchev–Trinajstić information content (AvgIpc) is 2.99. The molecule has 3 rings (SSSR count). The van der Waals surface area contributed by atoms with Crippen LogP contribution in [0.2, 0.25) is 0 Å². The predicted molar refractivity (Wildman–Crippen MR) is 109 cm³/mol. The minimum Gasteiger partial charge on any atom is -0.363 e. The molecule has 154 valence electrons. The number of likely N-dealkylation sites (N-methyl/N-ethyl adjacent to an activating group) is 1. The molecule has 1 atom stereocenters. The van der Waals surface area contributed by atoms with E-state index in [0.29, 0.717) is 13.0 Å². The van der Waals surface area contributed by atoms with Crippen molar-refractivity contribution in [2.45, 2.75) is 51.9 Å². The van der Waals surface area contributed by atoms with E-state index in [9.17, 15) is 9.59 Å². The van der Waals surface area contributed by atoms with E-state index in [0.717, 1.165) is 43.3 Å². The fourth-order valence-corrected chi connectivity index (χ4v) is 3.97. The molecule has 0 aromatic carbocycles. The van der Waals surface area contributed by atoms with Gasteiger partial charge in [-0.25, -0.2) is 9.97 Å². The third kappa shape index (κ3) is 4.28. The smallest absolute Gasteiger partial charge is 0.227 e. The van der Waals surface area contributed by atoms with Crippen molar-refractivity contribution < 1.29 is 9.59 Å². The van der Waals surface area contributed by atoms with E-state index in [1.165, 1.54) is 0 Å². The van der Waals surface area contributed by atoms with Crippen molar-refractivity contribution >= 4 is 17.6 Å². The summed E-state index contributed by atoms with van der Waals surface area (Å²) in [7, 11) is 5.80. The molecule has 2 fully saturated rings. The molecular formula is C21H33N5O2. The number of carbonyl (C=O) groups excluding carboxylic acids is 2. The summed E-state index contributed by atoms with van der Waals surface area (Å²) >= 11 is 0. The largest absolute Gasteiger partial charge is 0.363 e. The van der Waals surface area contributed by atoms with E-state index >= 15 is 0 Å². The summed E-state index contributed by atoms with van der Waals surface area (Å²) in [6.45, 7) is 8.11. The fraction of sp³-hybridized carbons (Fsp3) is 0.714. The number of aromatic nitrogens is 2. The molecule has 0 aliphatic carbocycles. The topological polar surface area (TPSA) is 69.6 Å². The van der Waals surface area contributed by atoms with E-state index in [2.05, 4.69) is 0 Å². The number of amides is 2. The number of piperidine rings is 1. The van der Waals surface area contributed by atoms with Gasteiger partial charge in [0.25, 0.3) is 0 Å². The SMILES string of the molecule is CN1CC(c2cc(N(C)C)nc(C3CCN(C(=O)C(C)(C)C)CC3)n2)CC1=O. The van der Waals surface area contributed by atoms with Gasteiger partial charge in [0.05, 0.1) is 5.69 Å². The monoisotopic (exact) mass is 387 g/mol. The van der Waals surface area contributed by atoms with E-state index in [4.69, 9.17) is 9.97 Å². The third-order valence-electron chi connectivity index (χ3n) is 5.76. The van der Waals surface area contributed by atoms with Crippen molar-refractivity contribution in [1.29, 1.82) is 0 Å². The number of hydrogen-bond acceptors (Lipinski definition) is 5. The van der Waals surface area contributed by atoms with E-state index in [1.807, 2.05) is 57.8 Å². The van der Waals surface area contributed by atoms with Gasteiger partial charge in [-0.1, -0.05) is 20.8 Å². The lowest BCUT2D eigenvalue weighted by Gasteiger charge is -2.35. The number of hydrogen-bond donors (Lipinski definition) is 0. The van der Waals surface area contributed by atoms with Crippen LogP contribution in [0.15, 0.2) is 6.07 Å². The summed E-state index contributed by atoms with van der Waals surface area (Å²) < 4.78 is 0. The van der Waals surface area contributed by atoms with Gasteiger partial charge in [0.15, 0.2) is 0 Å². The minimum absolute atomic E-state index is 0.125. The number of likely N-dealkylation sites (tertiary alicyclic amines) is 2. The molecule has 1 unspecified atom stereocenters. The molecule has 0 saturated carbocycles. The Kier molecular flexibility index (Phi) is 5.64. The Morgan fingerprint density at radius 3 is 2.29 bits per heavy atom. The van der Waals surface area contributed by atoms with E-state index in [-0.39, 0.29) is 29.1 Å². The first-order valence-corrected chi connectivity index (χ1v) is 10.2. The van der Waals surface area contributed by atoms with Crippen molar-refractivity contribution in [1.82, 2.24) is 19.8 Å². The minimum atomic E-state index is -0.345. The Hall–Kier alpha value is -2.18. The summed E-state index contributed by atoms with van der Waals surface area (Å²) in [5.74, 6) is 2.49. The molecule has 0 radical (unpaired) electrons. The molecule has 2 aliphatic heterocycles. The molecule has 28 heavy (non-hydrogen) atoms. The van der Waals surface area contributed by atoms with Crippen LogP contribution < -0.4 is 4.90 Å². The molecule has 2 amide bonds. The highest BCUT2D eigenvalue weighted by Gasteiger charge is 2.33. The van der Waals surface area contributed by atoms with Gasteiger partial charge in [0, 0.05) is 70.5 Å². The van der Waals surface area contributed by atoms with Crippen LogP contribution in [-0.4, -0.2) is 72.4 Å². The van der Waals surface area contributed by atoms with Crippen LogP contribution in [0.4, 0.5) is 5.82 Å². The zero-order chi connectivity index (χ0) is 20.6. The molecule has 1 aromatic rings. The molecule has 0 bridgehead atoms. The number of nitrogens with zero attached hydrogens (tertiary/aromatic N) is 5. The molecule has 0 N–H and O–H groups in total. The normalized spacial score (nSPS) is 21.4. The highest BCUT2D eigenvalue weighted by Crippen LogP contribution is 2.32. The van der Waals surface area contributed by atoms with Crippen LogP contribution in [0.1, 0.15) is 63.4 Å². The first-order valence-electron chi connectivity index (χ1n) is 10.2. The van der Waals surface area contributed by atoms with Crippen molar-refractivity contribution in [3.63, 3.8) is 0 Å². The van der Waals surface area contributed by atoms with Crippen molar-refractivity contribution in [2.24, 2.45) is 5.41 Å². The van der Waals surface area contributed by atoms with Gasteiger partial charge in [-0.15, -0.1) is 0 Å². The summed E-state index contributed by atoms with van der Waals surface area (Å²) in [4.78, 5) is 40.0. The Morgan fingerprint density at radius 2 is 1.79 bits per heavy atom. The van der Waals surface area contributed by atoms with Gasteiger partial charge >= 0.3 is 0 Å². The van der Waals surface area contributed by atoms with Crippen LogP contribution in [0.5, 0.6) is 0 Å². The van der Waals surface area contributed by atoms with E-state index < -0.39 is 0 Å². The van der Waals surface area contributed by atoms with Gasteiger partial charge in [-0.2, -0.15) is 0 Å². The number of rotatable bonds is 3. The summed E-state index contributed by atoms with van der Waals surface area (Å²) in [6.07, 6.45) is 2.27. The molecule has 7 nitrogen and oxygen atoms in total. The second-order valence-electron chi connectivity index (χ2n) is 9.40. The molecule has 3 heterocycles. The molecule has 1 aromatic heterocycles. The van der Waals surface area contributed by atoms with Crippen LogP contribution in [0.3, 0.4) is 0 Å². The highest BCUT2D eigenvalue weighted by atomic mass is 16.2. The maximum Gasteiger partial charge on any atom is 0.227 e. The Balaban J connectivity index is 1.79. The Morgan fingerprint density at radius 1 is 1.14 bits per heavy atom. The third-order valence-corrected chi connectivity index (χ3v) is 5.76. The molecule has 2 saturated heterocycles. The van der Waals surface area contributed by atoms with Gasteiger partial charge in [0.2, 0.25) is 11.8 Å². The summed E-state index contributed by atoms with van der Waals surface area (Å²) in [5.41, 5.74) is 0.613. The lowest BCUT2D eigenvalue weighted by atomic mass is 9.90. The van der Waals surface area contributed by atoms with Crippen LogP contribution in [0.25, 0.3) is 0 Å². The maximum absolute atomic E-state index is 12.5. The van der Waals surface area contributed by atoms with E-state index in [1.54, 1.807) is 4.90 Å². The van der Waals surface area contributed by atoms with Gasteiger partial charge in [-0.05, 0) is 12.8 Å². The van der Waals surface area contributed by atoms with Gasteiger partial charge in [-0.3, -0.25) is 9.59 Å². The lowest BCUT2D eigenvalue weighted by molar-refractivity contribution is -0.140. The van der Waals surface area contributed by atoms with Crippen LogP contribution in [0, 0.1) is 5.41 Å². The molecule has 7 heteroatoms. The van der Waals surface area contributed by atoms with Crippen molar-refractivity contribution in [3.8, 4) is 0 Å². The Bertz CT molecular complexity index is 748. The highest BCUT2D eigenvalue weighted by molar-refractivity contribution is 5.81. The van der Waals surface area contributed by atoms with Crippen molar-refractivity contribution in [3.05, 3.63) is 17.6 Å². The van der Waals surface area contributed by atoms with Crippen molar-refractivity contribution in [2.75, 3.05) is 45.7 Å². The summed E-state index contributed by atoms with van der Waals surface area (Å²) in [5, 5.41) is 0. The van der Waals surface area contributed by atoms with Crippen LogP contribution >= 0.6 is 0 Å². The Labute approximate surface area is 168 Å².